The molecule has 36 heavy (non-hydrogen) atoms. The summed E-state index contributed by atoms with van der Waals surface area (Å²) in [6.45, 7) is 2.45. The lowest BCUT2D eigenvalue weighted by Crippen LogP contribution is -2.51. The molecule has 0 saturated carbocycles. The monoisotopic (exact) mass is 494 g/mol. The first kappa shape index (κ1) is 24.1. The van der Waals surface area contributed by atoms with Crippen LogP contribution in [0.25, 0.3) is 10.9 Å². The predicted molar refractivity (Wildman–Crippen MR) is 136 cm³/mol. The smallest absolute Gasteiger partial charge is 0.228 e. The number of ether oxygens (including phenoxy) is 2. The van der Waals surface area contributed by atoms with Crippen molar-refractivity contribution >= 4 is 28.6 Å². The number of nitrogens with zero attached hydrogens (tertiary/aromatic N) is 4. The van der Waals surface area contributed by atoms with Gasteiger partial charge in [0.2, 0.25) is 11.9 Å². The Hall–Kier alpha value is -3.66. The van der Waals surface area contributed by atoms with Crippen LogP contribution in [-0.4, -0.2) is 67.2 Å². The van der Waals surface area contributed by atoms with E-state index in [9.17, 15) is 4.79 Å². The maximum Gasteiger partial charge on any atom is 0.228 e. The Bertz CT molecular complexity index is 1250. The van der Waals surface area contributed by atoms with Crippen LogP contribution in [0.5, 0.6) is 11.5 Å². The molecule has 0 bridgehead atoms. The summed E-state index contributed by atoms with van der Waals surface area (Å²) in [5.41, 5.74) is 7.37. The minimum Gasteiger partial charge on any atom is -0.493 e. The molecule has 10 heteroatoms. The van der Waals surface area contributed by atoms with Crippen molar-refractivity contribution in [3.05, 3.63) is 47.8 Å². The minimum absolute atomic E-state index is 0.0374. The maximum absolute atomic E-state index is 15.4. The van der Waals surface area contributed by atoms with E-state index in [2.05, 4.69) is 15.3 Å². The van der Waals surface area contributed by atoms with Crippen LogP contribution in [0.2, 0.25) is 0 Å². The average Bonchev–Trinajstić information content (AvgIpc) is 3.42. The van der Waals surface area contributed by atoms with Crippen molar-refractivity contribution in [2.75, 3.05) is 51.0 Å². The lowest BCUT2D eigenvalue weighted by atomic mass is 10.0. The molecule has 3 N–H and O–H groups in total. The normalized spacial score (nSPS) is 20.1. The molecule has 2 fully saturated rings. The topological polar surface area (TPSA) is 106 Å². The summed E-state index contributed by atoms with van der Waals surface area (Å²) >= 11 is 0. The van der Waals surface area contributed by atoms with Crippen LogP contribution in [-0.2, 0) is 4.79 Å². The van der Waals surface area contributed by atoms with Gasteiger partial charge in [0.05, 0.1) is 20.3 Å². The number of amides is 1. The zero-order valence-corrected chi connectivity index (χ0v) is 20.5. The molecular weight excluding hydrogens is 463 g/mol. The van der Waals surface area contributed by atoms with E-state index in [-0.39, 0.29) is 40.8 Å². The van der Waals surface area contributed by atoms with Crippen LogP contribution in [0, 0.1) is 5.82 Å². The fourth-order valence-electron chi connectivity index (χ4n) is 5.15. The molecule has 2 atom stereocenters. The number of nitrogens with one attached hydrogen (secondary N) is 1. The van der Waals surface area contributed by atoms with Crippen LogP contribution in [0.3, 0.4) is 0 Å². The number of piperazine rings is 1. The Labute approximate surface area is 209 Å². The largest absolute Gasteiger partial charge is 0.493 e. The van der Waals surface area contributed by atoms with E-state index in [0.717, 1.165) is 24.9 Å². The first-order valence-electron chi connectivity index (χ1n) is 12.2. The Morgan fingerprint density at radius 1 is 1.19 bits per heavy atom. The van der Waals surface area contributed by atoms with Gasteiger partial charge in [-0.05, 0) is 31.0 Å². The van der Waals surface area contributed by atoms with Crippen molar-refractivity contribution in [3.8, 4) is 11.5 Å². The molecule has 5 rings (SSSR count). The van der Waals surface area contributed by atoms with E-state index in [4.69, 9.17) is 15.2 Å². The number of benzene rings is 2. The molecule has 0 radical (unpaired) electrons. The summed E-state index contributed by atoms with van der Waals surface area (Å²) < 4.78 is 25.9. The van der Waals surface area contributed by atoms with Gasteiger partial charge in [-0.15, -0.1) is 0 Å². The highest BCUT2D eigenvalue weighted by molar-refractivity contribution is 5.92. The standard InChI is InChI=1S/C26H31FN6O3/c1-35-20-14-18-23(22(27)24(20)36-2)30-26(31-25(18)28)33-12-11-32(21(34)13-17-9-6-10-29-17)15-19(33)16-7-4-3-5-8-16/h3-5,7-8,14,17,19,29H,6,9-13,15H2,1-2H3,(H2,28,30,31)/t17-,19+/m0/s1. The molecule has 2 saturated heterocycles. The lowest BCUT2D eigenvalue weighted by molar-refractivity contribution is -0.132. The van der Waals surface area contributed by atoms with Crippen molar-refractivity contribution in [1.29, 1.82) is 0 Å². The highest BCUT2D eigenvalue weighted by Gasteiger charge is 2.34. The van der Waals surface area contributed by atoms with Crippen molar-refractivity contribution in [3.63, 3.8) is 0 Å². The molecule has 0 aliphatic carbocycles. The number of hydrogen-bond donors (Lipinski definition) is 2. The number of nitrogen functional groups attached to an aromatic ring is 1. The predicted octanol–water partition coefficient (Wildman–Crippen LogP) is 2.90. The molecule has 1 amide bonds. The maximum atomic E-state index is 15.4. The molecule has 9 nitrogen and oxygen atoms in total. The van der Waals surface area contributed by atoms with E-state index in [1.807, 2.05) is 40.1 Å². The van der Waals surface area contributed by atoms with Gasteiger partial charge in [0, 0.05) is 37.5 Å². The van der Waals surface area contributed by atoms with Crippen LogP contribution in [0.15, 0.2) is 36.4 Å². The average molecular weight is 495 g/mol. The second kappa shape index (κ2) is 10.1. The summed E-state index contributed by atoms with van der Waals surface area (Å²) in [4.78, 5) is 26.2. The number of halogens is 1. The fourth-order valence-corrected chi connectivity index (χ4v) is 5.15. The molecule has 2 aliphatic heterocycles. The van der Waals surface area contributed by atoms with Crippen molar-refractivity contribution < 1.29 is 18.7 Å². The van der Waals surface area contributed by atoms with Gasteiger partial charge in [0.25, 0.3) is 0 Å². The van der Waals surface area contributed by atoms with E-state index in [1.165, 1.54) is 14.2 Å². The van der Waals surface area contributed by atoms with Gasteiger partial charge in [-0.1, -0.05) is 30.3 Å². The molecule has 0 unspecified atom stereocenters. The number of nitrogens with two attached hydrogens (primary N) is 1. The highest BCUT2D eigenvalue weighted by atomic mass is 19.1. The third-order valence-electron chi connectivity index (χ3n) is 7.05. The van der Waals surface area contributed by atoms with Crippen molar-refractivity contribution in [2.24, 2.45) is 0 Å². The Kier molecular flexibility index (Phi) is 6.77. The van der Waals surface area contributed by atoms with Gasteiger partial charge in [0.15, 0.2) is 17.3 Å². The van der Waals surface area contributed by atoms with Crippen LogP contribution >= 0.6 is 0 Å². The number of methoxy groups -OCH3 is 2. The number of hydrogen-bond acceptors (Lipinski definition) is 8. The summed E-state index contributed by atoms with van der Waals surface area (Å²) in [5.74, 6) is 0.117. The second-order valence-corrected chi connectivity index (χ2v) is 9.19. The van der Waals surface area contributed by atoms with E-state index < -0.39 is 5.82 Å². The summed E-state index contributed by atoms with van der Waals surface area (Å²) in [6.07, 6.45) is 2.62. The fraction of sp³-hybridized carbons (Fsp3) is 0.423. The number of anilines is 2. The number of rotatable bonds is 6. The van der Waals surface area contributed by atoms with Gasteiger partial charge in [-0.3, -0.25) is 4.79 Å². The molecule has 3 aromatic rings. The van der Waals surface area contributed by atoms with Gasteiger partial charge in [0.1, 0.15) is 11.3 Å². The zero-order chi connectivity index (χ0) is 25.2. The zero-order valence-electron chi connectivity index (χ0n) is 20.5. The Morgan fingerprint density at radius 3 is 2.69 bits per heavy atom. The molecule has 3 heterocycles. The third-order valence-corrected chi connectivity index (χ3v) is 7.05. The SMILES string of the molecule is COc1cc2c(N)nc(N3CCN(C(=O)C[C@@H]4CCCN4)C[C@@H]3c3ccccc3)nc2c(F)c1OC. The highest BCUT2D eigenvalue weighted by Crippen LogP contribution is 2.38. The van der Waals surface area contributed by atoms with Gasteiger partial charge in [-0.2, -0.15) is 4.98 Å². The molecule has 0 spiro atoms. The van der Waals surface area contributed by atoms with Gasteiger partial charge >= 0.3 is 0 Å². The number of fused-ring (bicyclic) bond motifs is 1. The van der Waals surface area contributed by atoms with Gasteiger partial charge < -0.3 is 30.3 Å². The molecule has 2 aromatic carbocycles. The van der Waals surface area contributed by atoms with Crippen molar-refractivity contribution in [1.82, 2.24) is 20.2 Å². The summed E-state index contributed by atoms with van der Waals surface area (Å²) in [5, 5.41) is 3.75. The quantitative estimate of drug-likeness (QED) is 0.539. The summed E-state index contributed by atoms with van der Waals surface area (Å²) in [7, 11) is 2.81. The number of carbonyl (C=O) groups excluding carboxylic acids is 1. The summed E-state index contributed by atoms with van der Waals surface area (Å²) in [6, 6.07) is 11.5. The van der Waals surface area contributed by atoms with Gasteiger partial charge in [-0.25, -0.2) is 9.37 Å². The van der Waals surface area contributed by atoms with E-state index in [0.29, 0.717) is 37.4 Å². The van der Waals surface area contributed by atoms with Crippen LogP contribution in [0.1, 0.15) is 30.9 Å². The Morgan fingerprint density at radius 2 is 2.00 bits per heavy atom. The number of carbonyl (C=O) groups is 1. The number of aromatic nitrogens is 2. The van der Waals surface area contributed by atoms with E-state index in [1.54, 1.807) is 6.07 Å². The van der Waals surface area contributed by atoms with E-state index >= 15 is 4.39 Å². The first-order valence-corrected chi connectivity index (χ1v) is 12.2. The first-order chi connectivity index (χ1) is 17.5. The van der Waals surface area contributed by atoms with Crippen LogP contribution in [0.4, 0.5) is 16.2 Å². The molecule has 2 aliphatic rings. The Balaban J connectivity index is 1.50. The molecule has 1 aromatic heterocycles. The molecular formula is C26H31FN6O3. The van der Waals surface area contributed by atoms with Crippen LogP contribution < -0.4 is 25.4 Å². The molecule has 190 valence electrons. The van der Waals surface area contributed by atoms with Crippen molar-refractivity contribution in [2.45, 2.75) is 31.3 Å². The second-order valence-electron chi connectivity index (χ2n) is 9.19. The third kappa shape index (κ3) is 4.48. The lowest BCUT2D eigenvalue weighted by Gasteiger charge is -2.42. The minimum atomic E-state index is -0.656.